The number of unbranched alkanes of at least 4 members (excludes halogenated alkanes) is 7. The van der Waals surface area contributed by atoms with Gasteiger partial charge in [-0.2, -0.15) is 0 Å². The van der Waals surface area contributed by atoms with Crippen molar-refractivity contribution in [1.29, 1.82) is 0 Å². The average molecular weight is 282 g/mol. The number of thiol groups is 1. The monoisotopic (exact) mass is 282 g/mol. The molecule has 19 heavy (non-hydrogen) atoms. The molecule has 0 spiro atoms. The van der Waals surface area contributed by atoms with Gasteiger partial charge >= 0.3 is 0 Å². The molecular weight excluding hydrogens is 256 g/mol. The van der Waals surface area contributed by atoms with Crippen LogP contribution in [0.4, 0.5) is 0 Å². The molecule has 0 aliphatic rings. The van der Waals surface area contributed by atoms with Gasteiger partial charge in [0.25, 0.3) is 0 Å². The molecule has 0 aliphatic carbocycles. The predicted molar refractivity (Wildman–Crippen MR) is 81.3 cm³/mol. The molecule has 0 N–H and O–H groups in total. The first-order valence-corrected chi connectivity index (χ1v) is 8.65. The summed E-state index contributed by atoms with van der Waals surface area (Å²) in [5.74, 6) is 0. The normalized spacial score (nSPS) is 11.1. The third-order valence-electron chi connectivity index (χ3n) is 3.47. The summed E-state index contributed by atoms with van der Waals surface area (Å²) in [6.45, 7) is 2.24. The molecule has 0 saturated carbocycles. The Morgan fingerprint density at radius 2 is 1.32 bits per heavy atom. The van der Waals surface area contributed by atoms with Gasteiger partial charge in [-0.25, -0.2) is 8.42 Å². The van der Waals surface area contributed by atoms with Crippen molar-refractivity contribution in [3.63, 3.8) is 0 Å². The zero-order chi connectivity index (χ0) is 13.9. The van der Waals surface area contributed by atoms with Crippen molar-refractivity contribution >= 4 is 10.7 Å². The van der Waals surface area contributed by atoms with Crippen LogP contribution in [0.2, 0.25) is 0 Å². The summed E-state index contributed by atoms with van der Waals surface area (Å²) in [5, 5.41) is 0. The molecular formula is C16H26O2S. The first-order valence-electron chi connectivity index (χ1n) is 7.47. The summed E-state index contributed by atoms with van der Waals surface area (Å²) >= 11 is 0. The zero-order valence-corrected chi connectivity index (χ0v) is 12.8. The molecule has 1 rings (SSSR count). The molecule has 0 fully saturated rings. The van der Waals surface area contributed by atoms with E-state index in [9.17, 15) is 8.42 Å². The van der Waals surface area contributed by atoms with Crippen LogP contribution in [0, 0.1) is 0 Å². The van der Waals surface area contributed by atoms with Crippen LogP contribution in [-0.4, -0.2) is 8.42 Å². The van der Waals surface area contributed by atoms with Gasteiger partial charge in [0.1, 0.15) is 0 Å². The summed E-state index contributed by atoms with van der Waals surface area (Å²) in [6.07, 6.45) is 11.7. The number of hydrogen-bond donors (Lipinski definition) is 1. The minimum Gasteiger partial charge on any atom is -0.227 e. The van der Waals surface area contributed by atoms with E-state index in [1.54, 1.807) is 12.1 Å². The summed E-state index contributed by atoms with van der Waals surface area (Å²) in [4.78, 5) is 0.412. The molecule has 1 aromatic carbocycles. The van der Waals surface area contributed by atoms with Crippen LogP contribution in [0.5, 0.6) is 0 Å². The van der Waals surface area contributed by atoms with Crippen molar-refractivity contribution in [3.8, 4) is 0 Å². The van der Waals surface area contributed by atoms with E-state index in [1.807, 2.05) is 12.1 Å². The summed E-state index contributed by atoms with van der Waals surface area (Å²) in [7, 11) is -2.43. The minimum absolute atomic E-state index is 0.412. The average Bonchev–Trinajstić information content (AvgIpc) is 2.42. The van der Waals surface area contributed by atoms with Crippen molar-refractivity contribution in [2.75, 3.05) is 0 Å². The van der Waals surface area contributed by atoms with E-state index in [0.717, 1.165) is 6.42 Å². The molecule has 0 amide bonds. The lowest BCUT2D eigenvalue weighted by Crippen LogP contribution is -1.88. The van der Waals surface area contributed by atoms with Crippen molar-refractivity contribution in [2.45, 2.75) is 69.6 Å². The van der Waals surface area contributed by atoms with Crippen LogP contribution < -0.4 is 0 Å². The Balaban J connectivity index is 2.09. The first-order chi connectivity index (χ1) is 9.24. The Morgan fingerprint density at radius 1 is 0.789 bits per heavy atom. The molecule has 0 saturated heterocycles. The molecule has 1 aromatic rings. The third kappa shape index (κ3) is 7.36. The molecule has 0 aromatic heterocycles. The molecule has 0 radical (unpaired) electrons. The van der Waals surface area contributed by atoms with E-state index in [0.29, 0.717) is 4.90 Å². The zero-order valence-electron chi connectivity index (χ0n) is 11.9. The van der Waals surface area contributed by atoms with Crippen molar-refractivity contribution in [2.24, 2.45) is 0 Å². The lowest BCUT2D eigenvalue weighted by molar-refractivity contribution is 0.575. The summed E-state index contributed by atoms with van der Waals surface area (Å²) < 4.78 is 21.5. The van der Waals surface area contributed by atoms with Crippen LogP contribution in [0.15, 0.2) is 29.2 Å². The van der Waals surface area contributed by atoms with Crippen molar-refractivity contribution < 1.29 is 8.42 Å². The maximum absolute atomic E-state index is 10.8. The molecule has 3 heteroatoms. The molecule has 108 valence electrons. The van der Waals surface area contributed by atoms with Crippen LogP contribution in [0.25, 0.3) is 0 Å². The lowest BCUT2D eigenvalue weighted by Gasteiger charge is -2.03. The van der Waals surface area contributed by atoms with Gasteiger partial charge in [0.05, 0.1) is 4.90 Å². The van der Waals surface area contributed by atoms with Crippen LogP contribution in [-0.2, 0) is 17.1 Å². The Hall–Kier alpha value is -0.830. The van der Waals surface area contributed by atoms with Gasteiger partial charge in [-0.3, -0.25) is 0 Å². The highest BCUT2D eigenvalue weighted by molar-refractivity contribution is 7.72. The standard InChI is InChI=1S/C16H26O2S/c1-2-3-4-5-6-7-8-9-10-15-11-13-16(14-12-15)19(17)18/h11-14,19H,2-10H2,1H3. The number of hydrogen-bond acceptors (Lipinski definition) is 2. The van der Waals surface area contributed by atoms with Gasteiger partial charge < -0.3 is 0 Å². The first kappa shape index (κ1) is 16.2. The van der Waals surface area contributed by atoms with Crippen LogP contribution >= 0.6 is 0 Å². The maximum Gasteiger partial charge on any atom is 0.168 e. The smallest absolute Gasteiger partial charge is 0.168 e. The van der Waals surface area contributed by atoms with E-state index >= 15 is 0 Å². The second kappa shape index (κ2) is 10.0. The Bertz CT molecular complexity index is 399. The van der Waals surface area contributed by atoms with Crippen molar-refractivity contribution in [3.05, 3.63) is 29.8 Å². The largest absolute Gasteiger partial charge is 0.227 e. The molecule has 0 bridgehead atoms. The fourth-order valence-corrected chi connectivity index (χ4v) is 2.64. The van der Waals surface area contributed by atoms with Gasteiger partial charge in [0.2, 0.25) is 0 Å². The SMILES string of the molecule is CCCCCCCCCCc1ccc([SH](=O)=O)cc1. The Labute approximate surface area is 119 Å². The minimum atomic E-state index is -2.43. The number of rotatable bonds is 10. The van der Waals surface area contributed by atoms with Gasteiger partial charge in [-0.15, -0.1) is 0 Å². The Morgan fingerprint density at radius 3 is 1.84 bits per heavy atom. The molecule has 0 aliphatic heterocycles. The second-order valence-electron chi connectivity index (χ2n) is 5.15. The molecule has 2 nitrogen and oxygen atoms in total. The van der Waals surface area contributed by atoms with E-state index in [1.165, 1.54) is 56.9 Å². The summed E-state index contributed by atoms with van der Waals surface area (Å²) in [5.41, 5.74) is 1.24. The second-order valence-corrected chi connectivity index (χ2v) is 6.18. The topological polar surface area (TPSA) is 34.1 Å². The molecule has 0 heterocycles. The predicted octanol–water partition coefficient (Wildman–Crippen LogP) is 4.34. The van der Waals surface area contributed by atoms with E-state index in [4.69, 9.17) is 0 Å². The number of benzene rings is 1. The lowest BCUT2D eigenvalue weighted by atomic mass is 10.0. The van der Waals surface area contributed by atoms with Gasteiger partial charge in [0.15, 0.2) is 10.7 Å². The third-order valence-corrected chi connectivity index (χ3v) is 4.19. The van der Waals surface area contributed by atoms with Gasteiger partial charge in [-0.1, -0.05) is 64.0 Å². The van der Waals surface area contributed by atoms with Gasteiger partial charge in [-0.05, 0) is 30.5 Å². The highest BCUT2D eigenvalue weighted by atomic mass is 32.2. The highest BCUT2D eigenvalue weighted by Crippen LogP contribution is 2.12. The van der Waals surface area contributed by atoms with E-state index in [2.05, 4.69) is 6.92 Å². The fourth-order valence-electron chi connectivity index (χ4n) is 2.25. The van der Waals surface area contributed by atoms with Crippen LogP contribution in [0.1, 0.15) is 63.9 Å². The quantitative estimate of drug-likeness (QED) is 0.511. The van der Waals surface area contributed by atoms with Gasteiger partial charge in [0, 0.05) is 0 Å². The maximum atomic E-state index is 10.8. The molecule has 0 unspecified atom stereocenters. The molecule has 0 atom stereocenters. The van der Waals surface area contributed by atoms with E-state index in [-0.39, 0.29) is 0 Å². The Kier molecular flexibility index (Phi) is 8.55. The number of aryl methyl sites for hydroxylation is 1. The van der Waals surface area contributed by atoms with E-state index < -0.39 is 10.7 Å². The highest BCUT2D eigenvalue weighted by Gasteiger charge is 1.97. The summed E-state index contributed by atoms with van der Waals surface area (Å²) in [6, 6.07) is 7.26. The fraction of sp³-hybridized carbons (Fsp3) is 0.625. The van der Waals surface area contributed by atoms with Crippen molar-refractivity contribution in [1.82, 2.24) is 0 Å². The van der Waals surface area contributed by atoms with Crippen LogP contribution in [0.3, 0.4) is 0 Å².